The van der Waals surface area contributed by atoms with E-state index in [-0.39, 0.29) is 17.7 Å². The molecule has 8 heterocycles. The van der Waals surface area contributed by atoms with E-state index in [0.717, 1.165) is 71.4 Å². The fourth-order valence-corrected chi connectivity index (χ4v) is 15.8. The molecule has 14 nitrogen and oxygen atoms in total. The number of hydrogen-bond donors (Lipinski definition) is 5. The predicted octanol–water partition coefficient (Wildman–Crippen LogP) is 15.4. The molecule has 1 saturated heterocycles. The molecule has 1 amide bonds. The zero-order valence-corrected chi connectivity index (χ0v) is 52.0. The van der Waals surface area contributed by atoms with Crippen LogP contribution in [0.4, 0.5) is 0 Å². The normalized spacial score (nSPS) is 18.7. The molecule has 5 N–H and O–H groups in total. The van der Waals surface area contributed by atoms with E-state index in [1.807, 2.05) is 30.6 Å². The molecule has 4 fully saturated rings. The number of nitrogens with one attached hydrogen (secondary N) is 5. The molecule has 1 aliphatic heterocycles. The molecule has 3 saturated carbocycles. The number of esters is 2. The van der Waals surface area contributed by atoms with Gasteiger partial charge in [0.25, 0.3) is 5.79 Å². The first-order chi connectivity index (χ1) is 40.0. The Bertz CT molecular complexity index is 3360. The number of rotatable bonds is 13. The zero-order chi connectivity index (χ0) is 58.7. The third-order valence-corrected chi connectivity index (χ3v) is 24.5. The minimum absolute atomic E-state index is 0.129. The number of fused-ring (bicyclic) bond motifs is 4. The Hall–Kier alpha value is -6.58. The van der Waals surface area contributed by atoms with E-state index in [9.17, 15) is 14.4 Å². The Morgan fingerprint density at radius 2 is 1.10 bits per heavy atom. The van der Waals surface area contributed by atoms with Gasteiger partial charge in [-0.1, -0.05) is 110 Å². The second-order valence-electron chi connectivity index (χ2n) is 25.9. The van der Waals surface area contributed by atoms with E-state index in [1.54, 1.807) is 33.3 Å². The van der Waals surface area contributed by atoms with Gasteiger partial charge in [-0.3, -0.25) is 14.4 Å². The highest BCUT2D eigenvalue weighted by Crippen LogP contribution is 2.47. The van der Waals surface area contributed by atoms with Crippen LogP contribution < -0.4 is 10.6 Å². The molecule has 4 aliphatic rings. The van der Waals surface area contributed by atoms with Crippen molar-refractivity contribution in [1.29, 1.82) is 0 Å². The molecule has 0 spiro atoms. The fourth-order valence-electron chi connectivity index (χ4n) is 13.8. The lowest BCUT2D eigenvalue weighted by Gasteiger charge is -2.39. The lowest BCUT2D eigenvalue weighted by atomic mass is 9.70. The third kappa shape index (κ3) is 14.3. The van der Waals surface area contributed by atoms with Crippen LogP contribution in [0.25, 0.3) is 44.0 Å². The standard InChI is InChI=1S/C20H24N2O4.C17H23N3O.C17H25N3.C14H21NSi/c1-20(2)25-18(23)16(19(24)26-20)15(12-7-4-3-5-8-12)14-11-22-17-13(14)9-6-10-21-17;1-18-16(21)10-14(12-6-3-2-4-7-12)15-11-20-17-13(15)8-5-9-19-17;1-18-11-9-14(13-6-3-2-4-7-13)16-12-20-17-15(16)8-5-10-19-17;1-14(2,3)16(4,5)15-11-10-12-8-6-7-9-13(12)15/h6,9-12,15-16H,3-5,7-8H2,1-2H3,(H,21,22);5,8-9,11-12,14H,2-4,6-7,10H2,1H3,(H,18,21)(H,19,20);5,8,10,12-14,18H,2-4,6-7,9,11H2,1H3,(H,19,20);6-11H,1-5H3. The maximum Gasteiger partial charge on any atom is 0.324 e. The number of cyclic esters (lactones) is 2. The first-order valence-corrected chi connectivity index (χ1v) is 34.1. The van der Waals surface area contributed by atoms with E-state index in [1.165, 1.54) is 104 Å². The van der Waals surface area contributed by atoms with Gasteiger partial charge in [0.2, 0.25) is 5.91 Å². The van der Waals surface area contributed by atoms with Crippen LogP contribution in [0.2, 0.25) is 18.1 Å². The number of amides is 1. The number of H-pyrrole nitrogens is 3. The Morgan fingerprint density at radius 3 is 1.59 bits per heavy atom. The van der Waals surface area contributed by atoms with E-state index in [0.29, 0.717) is 29.2 Å². The Balaban J connectivity index is 0.000000135. The third-order valence-electron chi connectivity index (χ3n) is 19.2. The van der Waals surface area contributed by atoms with Crippen molar-refractivity contribution >= 4 is 70.1 Å². The molecule has 444 valence electrons. The van der Waals surface area contributed by atoms with Gasteiger partial charge in [0.15, 0.2) is 14.2 Å². The van der Waals surface area contributed by atoms with Gasteiger partial charge >= 0.3 is 11.9 Å². The molecule has 3 unspecified atom stereocenters. The number of para-hydroxylation sites is 1. The molecule has 0 radical (unpaired) electrons. The number of ether oxygens (including phenoxy) is 2. The average Bonchev–Trinajstić information content (AvgIpc) is 4.41. The van der Waals surface area contributed by atoms with Crippen molar-refractivity contribution in [2.24, 2.45) is 23.7 Å². The second-order valence-corrected chi connectivity index (χ2v) is 31.0. The van der Waals surface area contributed by atoms with Crippen LogP contribution in [0, 0.1) is 23.7 Å². The van der Waals surface area contributed by atoms with Gasteiger partial charge in [0.05, 0.1) is 0 Å². The number of hydrogen-bond acceptors (Lipinski definition) is 9. The minimum Gasteiger partial charge on any atom is -0.422 e. The van der Waals surface area contributed by atoms with Crippen LogP contribution in [0.5, 0.6) is 0 Å². The van der Waals surface area contributed by atoms with Crippen molar-refractivity contribution in [3.05, 3.63) is 127 Å². The van der Waals surface area contributed by atoms with Crippen molar-refractivity contribution < 1.29 is 23.9 Å². The number of nitrogens with zero attached hydrogens (tertiary/aromatic N) is 4. The number of carbonyl (C=O) groups is 3. The molecule has 1 aromatic carbocycles. The maximum atomic E-state index is 12.8. The minimum atomic E-state index is -1.48. The highest BCUT2D eigenvalue weighted by atomic mass is 28.3. The predicted molar refractivity (Wildman–Crippen MR) is 338 cm³/mol. The monoisotopic (exact) mass is 1140 g/mol. The second kappa shape index (κ2) is 27.4. The van der Waals surface area contributed by atoms with Gasteiger partial charge < -0.3 is 39.3 Å². The highest BCUT2D eigenvalue weighted by molar-refractivity contribution is 6.79. The smallest absolute Gasteiger partial charge is 0.324 e. The summed E-state index contributed by atoms with van der Waals surface area (Å²) in [5.41, 5.74) is 7.80. The Labute approximate surface area is 493 Å². The Morgan fingerprint density at radius 1 is 0.639 bits per heavy atom. The number of carbonyl (C=O) groups excluding carboxylic acids is 3. The van der Waals surface area contributed by atoms with E-state index in [2.05, 4.69) is 153 Å². The zero-order valence-electron chi connectivity index (χ0n) is 51.0. The van der Waals surface area contributed by atoms with Gasteiger partial charge in [0.1, 0.15) is 16.9 Å². The van der Waals surface area contributed by atoms with Crippen LogP contribution in [-0.4, -0.2) is 86.6 Å². The molecule has 8 aromatic rings. The van der Waals surface area contributed by atoms with Crippen LogP contribution in [-0.2, 0) is 23.9 Å². The number of benzene rings is 1. The van der Waals surface area contributed by atoms with Crippen molar-refractivity contribution in [2.45, 2.75) is 185 Å². The van der Waals surface area contributed by atoms with Gasteiger partial charge in [-0.25, -0.2) is 15.0 Å². The van der Waals surface area contributed by atoms with Crippen molar-refractivity contribution in [3.8, 4) is 0 Å². The van der Waals surface area contributed by atoms with Crippen molar-refractivity contribution in [2.75, 3.05) is 20.6 Å². The average molecular weight is 1140 g/mol. The molecule has 3 aliphatic carbocycles. The summed E-state index contributed by atoms with van der Waals surface area (Å²) in [4.78, 5) is 60.5. The summed E-state index contributed by atoms with van der Waals surface area (Å²) in [5.74, 6) is -0.577. The van der Waals surface area contributed by atoms with Crippen LogP contribution in [0.1, 0.15) is 178 Å². The molecular weight excluding hydrogens is 1050 g/mol. The van der Waals surface area contributed by atoms with Crippen LogP contribution in [0.3, 0.4) is 0 Å². The van der Waals surface area contributed by atoms with E-state index < -0.39 is 31.9 Å². The topological polar surface area (TPSA) is 185 Å². The SMILES string of the molecule is CC(C)(C)[Si](C)(C)n1ccc2ccccc21.CC1(C)OC(=O)C(C(c2c[nH]c3ncccc23)C2CCCCC2)C(=O)O1.CNC(=O)CC(c1c[nH]c2ncccc12)C1CCCCC1.CNCCC(c1c[nH]c2ncccc12)C1CCCCC1. The first kappa shape index (κ1) is 61.0. The van der Waals surface area contributed by atoms with E-state index >= 15 is 0 Å². The summed E-state index contributed by atoms with van der Waals surface area (Å²) < 4.78 is 13.4. The lowest BCUT2D eigenvalue weighted by Crippen LogP contribution is -2.49. The first-order valence-electron chi connectivity index (χ1n) is 31.1. The van der Waals surface area contributed by atoms with Gasteiger partial charge in [-0.15, -0.1) is 0 Å². The van der Waals surface area contributed by atoms with E-state index in [4.69, 9.17) is 9.47 Å². The van der Waals surface area contributed by atoms with Gasteiger partial charge in [-0.2, -0.15) is 0 Å². The number of aromatic amines is 3. The molecule has 15 heteroatoms. The number of aromatic nitrogens is 7. The summed E-state index contributed by atoms with van der Waals surface area (Å²) in [6.45, 7) is 16.2. The maximum absolute atomic E-state index is 12.8. The summed E-state index contributed by atoms with van der Waals surface area (Å²) in [7, 11) is 2.29. The largest absolute Gasteiger partial charge is 0.422 e. The van der Waals surface area contributed by atoms with Gasteiger partial charge in [-0.05, 0) is 170 Å². The quantitative estimate of drug-likeness (QED) is 0.0426. The molecule has 0 bridgehead atoms. The summed E-state index contributed by atoms with van der Waals surface area (Å²) in [6, 6.07) is 23.1. The molecule has 3 atom stereocenters. The van der Waals surface area contributed by atoms with Crippen LogP contribution >= 0.6 is 0 Å². The summed E-state index contributed by atoms with van der Waals surface area (Å²) >= 11 is 0. The fraction of sp³-hybridized carbons (Fsp3) is 0.529. The molecule has 12 rings (SSSR count). The lowest BCUT2D eigenvalue weighted by molar-refractivity contribution is -0.242. The van der Waals surface area contributed by atoms with Crippen molar-refractivity contribution in [3.63, 3.8) is 0 Å². The Kier molecular flexibility index (Phi) is 20.1. The number of pyridine rings is 3. The highest BCUT2D eigenvalue weighted by Gasteiger charge is 2.50. The molecule has 7 aromatic heterocycles. The summed E-state index contributed by atoms with van der Waals surface area (Å²) in [6.07, 6.45) is 34.4. The van der Waals surface area contributed by atoms with Crippen molar-refractivity contribution in [1.82, 2.24) is 44.8 Å². The van der Waals surface area contributed by atoms with Crippen LogP contribution in [0.15, 0.2) is 110 Å². The summed E-state index contributed by atoms with van der Waals surface area (Å²) in [5, 5.41) is 11.3. The molecular formula is C68H93N9O5Si. The molecule has 83 heavy (non-hydrogen) atoms. The van der Waals surface area contributed by atoms with Gasteiger partial charge in [0, 0.05) is 92.1 Å².